The van der Waals surface area contributed by atoms with E-state index in [-0.39, 0.29) is 5.91 Å². The van der Waals surface area contributed by atoms with Gasteiger partial charge < -0.3 is 14.8 Å². The number of amides is 1. The number of hydrogen-bond acceptors (Lipinski definition) is 8. The molecule has 0 spiro atoms. The van der Waals surface area contributed by atoms with Gasteiger partial charge in [-0.1, -0.05) is 42.5 Å². The van der Waals surface area contributed by atoms with E-state index in [0.29, 0.717) is 29.4 Å². The van der Waals surface area contributed by atoms with Gasteiger partial charge in [0.2, 0.25) is 0 Å². The van der Waals surface area contributed by atoms with E-state index in [1.54, 1.807) is 18.5 Å². The van der Waals surface area contributed by atoms with Gasteiger partial charge >= 0.3 is 0 Å². The number of nitrogens with one attached hydrogen (secondary N) is 2. The van der Waals surface area contributed by atoms with Crippen LogP contribution in [0.25, 0.3) is 11.3 Å². The first-order valence-electron chi connectivity index (χ1n) is 12.5. The SMILES string of the molecule is O=C(Nc1ccc(OCCc2ccccc2)cc1)c1cccc(-c2cnc(NSN3CCOCC3)cn2)c1. The van der Waals surface area contributed by atoms with Gasteiger partial charge in [0.25, 0.3) is 5.91 Å². The minimum Gasteiger partial charge on any atom is -0.493 e. The highest BCUT2D eigenvalue weighted by molar-refractivity contribution is 7.98. The molecule has 3 aromatic carbocycles. The van der Waals surface area contributed by atoms with Gasteiger partial charge in [0.15, 0.2) is 5.82 Å². The Labute approximate surface area is 226 Å². The maximum atomic E-state index is 12.9. The topological polar surface area (TPSA) is 88.6 Å². The molecule has 4 aromatic rings. The van der Waals surface area contributed by atoms with Gasteiger partial charge in [-0.3, -0.25) is 14.5 Å². The number of carbonyl (C=O) groups is 1. The number of anilines is 2. The summed E-state index contributed by atoms with van der Waals surface area (Å²) in [6, 6.07) is 25.0. The standard InChI is InChI=1S/C29H29N5O3S/c35-29(32-25-9-11-26(12-10-25)37-16-13-22-5-2-1-3-6-22)24-8-4-7-23(19-24)27-20-31-28(21-30-27)33-38-34-14-17-36-18-15-34/h1-12,19-21H,13-18H2,(H,31,33)(H,32,35). The van der Waals surface area contributed by atoms with E-state index in [2.05, 4.69) is 36.4 Å². The summed E-state index contributed by atoms with van der Waals surface area (Å²) >= 11 is 1.50. The summed E-state index contributed by atoms with van der Waals surface area (Å²) in [4.78, 5) is 21.9. The van der Waals surface area contributed by atoms with Gasteiger partial charge in [0.1, 0.15) is 5.75 Å². The molecule has 0 atom stereocenters. The van der Waals surface area contributed by atoms with Crippen molar-refractivity contribution in [2.75, 3.05) is 42.9 Å². The number of benzene rings is 3. The highest BCUT2D eigenvalue weighted by Crippen LogP contribution is 2.22. The maximum absolute atomic E-state index is 12.9. The van der Waals surface area contributed by atoms with Crippen molar-refractivity contribution in [3.63, 3.8) is 0 Å². The smallest absolute Gasteiger partial charge is 0.255 e. The van der Waals surface area contributed by atoms with Crippen molar-refractivity contribution >= 4 is 29.5 Å². The molecular formula is C29H29N5O3S. The predicted octanol–water partition coefficient (Wildman–Crippen LogP) is 5.32. The molecule has 0 bridgehead atoms. The second kappa shape index (κ2) is 13.0. The number of rotatable bonds is 10. The van der Waals surface area contributed by atoms with Crippen LogP contribution in [0.15, 0.2) is 91.3 Å². The second-order valence-electron chi connectivity index (χ2n) is 8.66. The van der Waals surface area contributed by atoms with Crippen LogP contribution >= 0.6 is 12.1 Å². The number of hydrogen-bond donors (Lipinski definition) is 2. The average Bonchev–Trinajstić information content (AvgIpc) is 2.98. The quantitative estimate of drug-likeness (QED) is 0.268. The Hall–Kier alpha value is -3.92. The molecule has 0 aliphatic carbocycles. The monoisotopic (exact) mass is 527 g/mol. The van der Waals surface area contributed by atoms with E-state index in [0.717, 1.165) is 44.0 Å². The largest absolute Gasteiger partial charge is 0.493 e. The maximum Gasteiger partial charge on any atom is 0.255 e. The first-order valence-corrected chi connectivity index (χ1v) is 13.3. The van der Waals surface area contributed by atoms with Crippen LogP contribution < -0.4 is 14.8 Å². The fraction of sp³-hybridized carbons (Fsp3) is 0.207. The highest BCUT2D eigenvalue weighted by atomic mass is 32.2. The molecule has 1 aliphatic heterocycles. The highest BCUT2D eigenvalue weighted by Gasteiger charge is 2.12. The minimum absolute atomic E-state index is 0.197. The summed E-state index contributed by atoms with van der Waals surface area (Å²) in [5.41, 5.74) is 3.99. The van der Waals surface area contributed by atoms with Crippen LogP contribution in [0.4, 0.5) is 11.5 Å². The summed E-state index contributed by atoms with van der Waals surface area (Å²) in [7, 11) is 0. The van der Waals surface area contributed by atoms with Crippen LogP contribution in [0, 0.1) is 0 Å². The molecule has 1 amide bonds. The summed E-state index contributed by atoms with van der Waals surface area (Å²) in [6.07, 6.45) is 4.24. The van der Waals surface area contributed by atoms with Crippen molar-refractivity contribution in [3.05, 3.63) is 102 Å². The lowest BCUT2D eigenvalue weighted by atomic mass is 10.1. The van der Waals surface area contributed by atoms with Crippen molar-refractivity contribution in [2.45, 2.75) is 6.42 Å². The number of aromatic nitrogens is 2. The van der Waals surface area contributed by atoms with Gasteiger partial charge in [-0.05, 0) is 42.0 Å². The number of carbonyl (C=O) groups excluding carboxylic acids is 1. The Balaban J connectivity index is 1.13. The van der Waals surface area contributed by atoms with E-state index >= 15 is 0 Å². The Morgan fingerprint density at radius 2 is 1.76 bits per heavy atom. The normalized spacial score (nSPS) is 13.6. The molecule has 1 saturated heterocycles. The minimum atomic E-state index is -0.197. The van der Waals surface area contributed by atoms with Crippen molar-refractivity contribution < 1.29 is 14.3 Å². The van der Waals surface area contributed by atoms with Gasteiger partial charge in [0, 0.05) is 48.5 Å². The summed E-state index contributed by atoms with van der Waals surface area (Å²) in [5, 5.41) is 2.95. The molecule has 0 radical (unpaired) electrons. The lowest BCUT2D eigenvalue weighted by molar-refractivity contribution is 0.0775. The third-order valence-corrected chi connectivity index (χ3v) is 6.86. The fourth-order valence-corrected chi connectivity index (χ4v) is 4.53. The van der Waals surface area contributed by atoms with Crippen molar-refractivity contribution in [3.8, 4) is 17.0 Å². The van der Waals surface area contributed by atoms with Gasteiger partial charge in [-0.2, -0.15) is 0 Å². The summed E-state index contributed by atoms with van der Waals surface area (Å²) < 4.78 is 16.6. The number of morpholine rings is 1. The van der Waals surface area contributed by atoms with Gasteiger partial charge in [-0.15, -0.1) is 0 Å². The van der Waals surface area contributed by atoms with Crippen molar-refractivity contribution in [1.29, 1.82) is 0 Å². The zero-order valence-corrected chi connectivity index (χ0v) is 21.7. The molecule has 2 heterocycles. The Kier molecular flexibility index (Phi) is 8.83. The number of nitrogens with zero attached hydrogens (tertiary/aromatic N) is 3. The van der Waals surface area contributed by atoms with Crippen LogP contribution in [-0.4, -0.2) is 53.1 Å². The molecular weight excluding hydrogens is 498 g/mol. The van der Waals surface area contributed by atoms with E-state index in [1.807, 2.05) is 60.7 Å². The van der Waals surface area contributed by atoms with Gasteiger partial charge in [-0.25, -0.2) is 9.29 Å². The molecule has 194 valence electrons. The third kappa shape index (κ3) is 7.32. The van der Waals surface area contributed by atoms with Crippen molar-refractivity contribution in [2.24, 2.45) is 0 Å². The first-order chi connectivity index (χ1) is 18.7. The van der Waals surface area contributed by atoms with E-state index in [9.17, 15) is 4.79 Å². The van der Waals surface area contributed by atoms with Crippen LogP contribution in [-0.2, 0) is 11.2 Å². The Morgan fingerprint density at radius 1 is 0.947 bits per heavy atom. The molecule has 5 rings (SSSR count). The predicted molar refractivity (Wildman–Crippen MR) is 151 cm³/mol. The molecule has 1 aliphatic rings. The molecule has 0 saturated carbocycles. The molecule has 9 heteroatoms. The Morgan fingerprint density at radius 3 is 2.53 bits per heavy atom. The number of ether oxygens (including phenoxy) is 2. The van der Waals surface area contributed by atoms with E-state index in [1.165, 1.54) is 17.7 Å². The summed E-state index contributed by atoms with van der Waals surface area (Å²) in [6.45, 7) is 3.79. The molecule has 2 N–H and O–H groups in total. The first kappa shape index (κ1) is 25.7. The summed E-state index contributed by atoms with van der Waals surface area (Å²) in [5.74, 6) is 1.24. The van der Waals surface area contributed by atoms with Gasteiger partial charge in [0.05, 0.1) is 37.9 Å². The lowest BCUT2D eigenvalue weighted by Gasteiger charge is -2.24. The molecule has 0 unspecified atom stereocenters. The molecule has 38 heavy (non-hydrogen) atoms. The fourth-order valence-electron chi connectivity index (χ4n) is 3.87. The van der Waals surface area contributed by atoms with Crippen LogP contribution in [0.5, 0.6) is 5.75 Å². The van der Waals surface area contributed by atoms with E-state index < -0.39 is 0 Å². The van der Waals surface area contributed by atoms with Crippen molar-refractivity contribution in [1.82, 2.24) is 14.3 Å². The average molecular weight is 528 g/mol. The van der Waals surface area contributed by atoms with Crippen LogP contribution in [0.2, 0.25) is 0 Å². The Bertz CT molecular complexity index is 1310. The van der Waals surface area contributed by atoms with E-state index in [4.69, 9.17) is 9.47 Å². The zero-order valence-electron chi connectivity index (χ0n) is 20.9. The van der Waals surface area contributed by atoms with Crippen LogP contribution in [0.3, 0.4) is 0 Å². The molecule has 1 fully saturated rings. The molecule has 1 aromatic heterocycles. The van der Waals surface area contributed by atoms with Crippen LogP contribution in [0.1, 0.15) is 15.9 Å². The zero-order chi connectivity index (χ0) is 26.0. The third-order valence-electron chi connectivity index (χ3n) is 5.94. The lowest BCUT2D eigenvalue weighted by Crippen LogP contribution is -2.32. The second-order valence-corrected chi connectivity index (χ2v) is 9.57. The molecule has 8 nitrogen and oxygen atoms in total.